The Labute approximate surface area is 322 Å². The maximum Gasteiger partial charge on any atom is 4.00 e. The SMILES string of the molecule is CC(C)(C)c1cc[c-]c(N2[CH-]N(C3(N4[CH-]N(c5[c-]ccc(C(C)(C)C)c5)c5ccccc54)c4cnccc4-c4ccncc43)c3ccccc32)c1.[Pt+4]. The van der Waals surface area contributed by atoms with Gasteiger partial charge in [-0.1, -0.05) is 65.8 Å². The molecular weight excluding hydrogens is 820 g/mol. The Morgan fingerprint density at radius 1 is 0.558 bits per heavy atom. The first-order valence-corrected chi connectivity index (χ1v) is 17.6. The first-order chi connectivity index (χ1) is 24.6. The molecule has 0 bridgehead atoms. The molecule has 0 radical (unpaired) electrons. The number of benzene rings is 4. The van der Waals surface area contributed by atoms with Gasteiger partial charge in [0.15, 0.2) is 0 Å². The smallest absolute Gasteiger partial charge is 0.494 e. The third kappa shape index (κ3) is 5.09. The number of nitrogens with zero attached hydrogens (tertiary/aromatic N) is 6. The van der Waals surface area contributed by atoms with Gasteiger partial charge < -0.3 is 19.6 Å². The number of hydrogen-bond acceptors (Lipinski definition) is 6. The van der Waals surface area contributed by atoms with E-state index in [1.165, 1.54) is 11.1 Å². The average molecular weight is 860 g/mol. The van der Waals surface area contributed by atoms with Crippen LogP contribution >= 0.6 is 0 Å². The van der Waals surface area contributed by atoms with E-state index in [0.717, 1.165) is 56.4 Å². The summed E-state index contributed by atoms with van der Waals surface area (Å²) in [5.74, 6) is 0. The minimum atomic E-state index is -0.897. The minimum absolute atomic E-state index is 0. The Morgan fingerprint density at radius 3 is 1.37 bits per heavy atom. The molecule has 6 nitrogen and oxygen atoms in total. The van der Waals surface area contributed by atoms with Gasteiger partial charge in [-0.05, 0) is 58.4 Å². The van der Waals surface area contributed by atoms with Gasteiger partial charge in [0.05, 0.1) is 0 Å². The average Bonchev–Trinajstić information content (AvgIpc) is 3.81. The zero-order valence-electron chi connectivity index (χ0n) is 30.2. The topological polar surface area (TPSA) is 38.7 Å². The molecule has 1 aliphatic carbocycles. The fourth-order valence-corrected chi connectivity index (χ4v) is 7.84. The van der Waals surface area contributed by atoms with E-state index < -0.39 is 5.66 Å². The summed E-state index contributed by atoms with van der Waals surface area (Å²) < 4.78 is 0. The molecule has 0 saturated heterocycles. The predicted octanol–water partition coefficient (Wildman–Crippen LogP) is 10.4. The summed E-state index contributed by atoms with van der Waals surface area (Å²) in [5, 5.41) is 0. The van der Waals surface area contributed by atoms with Crippen molar-refractivity contribution in [2.75, 3.05) is 19.6 Å². The Morgan fingerprint density at radius 2 is 0.962 bits per heavy atom. The number of para-hydroxylation sites is 4. The van der Waals surface area contributed by atoms with Gasteiger partial charge in [0, 0.05) is 58.7 Å². The normalized spacial score (nSPS) is 15.6. The van der Waals surface area contributed by atoms with E-state index in [-0.39, 0.29) is 31.9 Å². The Hall–Kier alpha value is -4.93. The van der Waals surface area contributed by atoms with Crippen LogP contribution in [0.1, 0.15) is 63.8 Å². The van der Waals surface area contributed by atoms with E-state index in [2.05, 4.69) is 172 Å². The molecular formula is C45H40N6Pt. The summed E-state index contributed by atoms with van der Waals surface area (Å²) >= 11 is 0. The van der Waals surface area contributed by atoms with Crippen LogP contribution in [0.25, 0.3) is 11.1 Å². The van der Waals surface area contributed by atoms with E-state index in [0.29, 0.717) is 0 Å². The molecule has 3 aliphatic rings. The van der Waals surface area contributed by atoms with Gasteiger partial charge >= 0.3 is 21.1 Å². The third-order valence-corrected chi connectivity index (χ3v) is 10.5. The van der Waals surface area contributed by atoms with Crippen molar-refractivity contribution in [1.82, 2.24) is 9.97 Å². The van der Waals surface area contributed by atoms with Crippen molar-refractivity contribution in [2.24, 2.45) is 0 Å². The summed E-state index contributed by atoms with van der Waals surface area (Å²) in [4.78, 5) is 18.9. The van der Waals surface area contributed by atoms with Crippen LogP contribution in [0.3, 0.4) is 0 Å². The molecule has 0 fully saturated rings. The fourth-order valence-electron chi connectivity index (χ4n) is 7.84. The number of pyridine rings is 2. The second kappa shape index (κ2) is 12.3. The van der Waals surface area contributed by atoms with E-state index in [9.17, 15) is 0 Å². The van der Waals surface area contributed by atoms with E-state index >= 15 is 0 Å². The number of anilines is 6. The molecule has 0 N–H and O–H groups in total. The summed E-state index contributed by atoms with van der Waals surface area (Å²) in [6, 6.07) is 41.6. The van der Waals surface area contributed by atoms with Crippen molar-refractivity contribution in [3.63, 3.8) is 0 Å². The molecule has 2 aromatic heterocycles. The number of fused-ring (bicyclic) bond motifs is 5. The van der Waals surface area contributed by atoms with Gasteiger partial charge in [-0.3, -0.25) is 9.97 Å². The van der Waals surface area contributed by atoms with Gasteiger partial charge in [0.2, 0.25) is 0 Å². The fraction of sp³-hybridized carbons (Fsp3) is 0.200. The molecule has 260 valence electrons. The quantitative estimate of drug-likeness (QED) is 0.165. The van der Waals surface area contributed by atoms with Crippen molar-refractivity contribution in [3.05, 3.63) is 170 Å². The van der Waals surface area contributed by atoms with Gasteiger partial charge in [-0.2, -0.15) is 47.5 Å². The first-order valence-electron chi connectivity index (χ1n) is 17.6. The standard InChI is InChI=1S/C45H40N6.Pt/c1-43(2,3)31-13-11-15-33(25-31)48-29-50(41-19-9-7-17-39(41)48)45(37-27-46-23-21-35(37)36-22-24-47-28-38(36)45)51-30-49(40-18-8-10-20-42(40)51)34-16-12-14-32(26-34)44(4,5)6;/h7-14,17-30H,1-6H3;/q-4;+4. The molecule has 9 rings (SSSR count). The predicted molar refractivity (Wildman–Crippen MR) is 207 cm³/mol. The zero-order valence-corrected chi connectivity index (χ0v) is 32.5. The summed E-state index contributed by atoms with van der Waals surface area (Å²) in [5.41, 5.74) is 12.3. The van der Waals surface area contributed by atoms with Crippen LogP contribution in [0.5, 0.6) is 0 Å². The van der Waals surface area contributed by atoms with Crippen molar-refractivity contribution in [2.45, 2.75) is 58.0 Å². The molecule has 52 heavy (non-hydrogen) atoms. The van der Waals surface area contributed by atoms with Gasteiger partial charge in [-0.15, -0.1) is 36.8 Å². The van der Waals surface area contributed by atoms with Gasteiger partial charge in [0.1, 0.15) is 5.66 Å². The number of hydrogen-bond donors (Lipinski definition) is 0. The molecule has 0 amide bonds. The number of rotatable bonds is 4. The van der Waals surface area contributed by atoms with Crippen molar-refractivity contribution in [1.29, 1.82) is 0 Å². The summed E-state index contributed by atoms with van der Waals surface area (Å²) in [6.07, 6.45) is 7.85. The molecule has 4 heterocycles. The molecule has 0 spiro atoms. The van der Waals surface area contributed by atoms with Crippen LogP contribution in [-0.2, 0) is 37.6 Å². The van der Waals surface area contributed by atoms with Crippen LogP contribution < -0.4 is 19.6 Å². The zero-order chi connectivity index (χ0) is 35.1. The second-order valence-corrected chi connectivity index (χ2v) is 15.6. The van der Waals surface area contributed by atoms with Crippen molar-refractivity contribution in [3.8, 4) is 11.1 Å². The van der Waals surface area contributed by atoms with Crippen LogP contribution in [0.2, 0.25) is 0 Å². The Balaban J connectivity index is 0.00000387. The Bertz CT molecular complexity index is 2140. The van der Waals surface area contributed by atoms with Crippen molar-refractivity contribution < 1.29 is 21.1 Å². The van der Waals surface area contributed by atoms with E-state index in [1.54, 1.807) is 0 Å². The van der Waals surface area contributed by atoms with Crippen LogP contribution in [0.15, 0.2) is 122 Å². The first kappa shape index (κ1) is 34.2. The second-order valence-electron chi connectivity index (χ2n) is 15.6. The number of aromatic nitrogens is 2. The largest absolute Gasteiger partial charge is 4.00 e. The molecule has 7 heteroatoms. The van der Waals surface area contributed by atoms with Gasteiger partial charge in [0.25, 0.3) is 0 Å². The molecule has 0 atom stereocenters. The molecule has 0 unspecified atom stereocenters. The van der Waals surface area contributed by atoms with Crippen LogP contribution in [-0.4, -0.2) is 9.97 Å². The molecule has 0 saturated carbocycles. The Kier molecular flexibility index (Phi) is 8.11. The maximum absolute atomic E-state index is 4.78. The minimum Gasteiger partial charge on any atom is -0.494 e. The monoisotopic (exact) mass is 859 g/mol. The molecule has 2 aliphatic heterocycles. The summed E-state index contributed by atoms with van der Waals surface area (Å²) in [7, 11) is 0. The van der Waals surface area contributed by atoms with E-state index in [4.69, 9.17) is 9.97 Å². The third-order valence-electron chi connectivity index (χ3n) is 10.5. The molecule has 6 aromatic rings. The van der Waals surface area contributed by atoms with Crippen LogP contribution in [0, 0.1) is 25.5 Å². The van der Waals surface area contributed by atoms with Crippen LogP contribution in [0.4, 0.5) is 34.1 Å². The van der Waals surface area contributed by atoms with Crippen molar-refractivity contribution >= 4 is 34.1 Å². The van der Waals surface area contributed by atoms with E-state index in [1.807, 2.05) is 36.9 Å². The van der Waals surface area contributed by atoms with Gasteiger partial charge in [-0.25, -0.2) is 0 Å². The molecule has 4 aromatic carbocycles. The maximum atomic E-state index is 4.78. The summed E-state index contributed by atoms with van der Waals surface area (Å²) in [6.45, 7) is 18.0.